The van der Waals surface area contributed by atoms with Gasteiger partial charge < -0.3 is 15.7 Å². The SMILES string of the molecule is CC1(O)CCN(c2nc3ccccc3cc2C(=N)N)CC1. The van der Waals surface area contributed by atoms with Crippen molar-refractivity contribution in [2.24, 2.45) is 5.73 Å². The summed E-state index contributed by atoms with van der Waals surface area (Å²) < 4.78 is 0. The number of aliphatic hydroxyl groups is 1. The van der Waals surface area contributed by atoms with Gasteiger partial charge in [0, 0.05) is 18.5 Å². The van der Waals surface area contributed by atoms with Gasteiger partial charge in [0.15, 0.2) is 0 Å². The molecule has 0 amide bonds. The third kappa shape index (κ3) is 2.69. The summed E-state index contributed by atoms with van der Waals surface area (Å²) in [5.74, 6) is 0.775. The molecule has 5 nitrogen and oxygen atoms in total. The average molecular weight is 284 g/mol. The fourth-order valence-corrected chi connectivity index (χ4v) is 2.75. The van der Waals surface area contributed by atoms with E-state index in [4.69, 9.17) is 16.1 Å². The minimum absolute atomic E-state index is 0.0283. The molecule has 4 N–H and O–H groups in total. The van der Waals surface area contributed by atoms with E-state index in [9.17, 15) is 5.11 Å². The first-order chi connectivity index (χ1) is 9.96. The molecule has 1 fully saturated rings. The maximum Gasteiger partial charge on any atom is 0.140 e. The Kier molecular flexibility index (Phi) is 3.29. The first kappa shape index (κ1) is 13.8. The third-order valence-corrected chi connectivity index (χ3v) is 4.13. The van der Waals surface area contributed by atoms with Crippen LogP contribution in [-0.2, 0) is 0 Å². The first-order valence-electron chi connectivity index (χ1n) is 7.18. The molecule has 0 bridgehead atoms. The van der Waals surface area contributed by atoms with Crippen LogP contribution in [0.1, 0.15) is 25.3 Å². The fraction of sp³-hybridized carbons (Fsp3) is 0.375. The van der Waals surface area contributed by atoms with Gasteiger partial charge in [-0.05, 0) is 31.9 Å². The van der Waals surface area contributed by atoms with Crippen LogP contribution in [0, 0.1) is 5.41 Å². The Bertz CT molecular complexity index is 686. The van der Waals surface area contributed by atoms with E-state index < -0.39 is 5.60 Å². The lowest BCUT2D eigenvalue weighted by atomic mass is 9.93. The van der Waals surface area contributed by atoms with Crippen LogP contribution in [-0.4, -0.2) is 34.6 Å². The third-order valence-electron chi connectivity index (χ3n) is 4.13. The van der Waals surface area contributed by atoms with Crippen molar-refractivity contribution in [3.8, 4) is 0 Å². The molecule has 1 aliphatic heterocycles. The Morgan fingerprint density at radius 2 is 2.00 bits per heavy atom. The van der Waals surface area contributed by atoms with Crippen molar-refractivity contribution in [1.29, 1.82) is 5.41 Å². The topological polar surface area (TPSA) is 86.2 Å². The van der Waals surface area contributed by atoms with Gasteiger partial charge in [-0.15, -0.1) is 0 Å². The second-order valence-electron chi connectivity index (χ2n) is 5.95. The van der Waals surface area contributed by atoms with Crippen molar-refractivity contribution < 1.29 is 5.11 Å². The lowest BCUT2D eigenvalue weighted by molar-refractivity contribution is 0.0350. The van der Waals surface area contributed by atoms with E-state index in [2.05, 4.69) is 4.90 Å². The highest BCUT2D eigenvalue weighted by molar-refractivity contribution is 6.03. The minimum atomic E-state index is -0.607. The molecule has 0 atom stereocenters. The Morgan fingerprint density at radius 3 is 2.67 bits per heavy atom. The van der Waals surface area contributed by atoms with Crippen LogP contribution in [0.15, 0.2) is 30.3 Å². The number of hydrogen-bond donors (Lipinski definition) is 3. The average Bonchev–Trinajstić information content (AvgIpc) is 2.46. The molecule has 3 rings (SSSR count). The smallest absolute Gasteiger partial charge is 0.140 e. The Labute approximate surface area is 123 Å². The van der Waals surface area contributed by atoms with Gasteiger partial charge in [0.1, 0.15) is 11.7 Å². The van der Waals surface area contributed by atoms with Gasteiger partial charge in [0.25, 0.3) is 0 Å². The lowest BCUT2D eigenvalue weighted by Gasteiger charge is -2.37. The molecule has 21 heavy (non-hydrogen) atoms. The second-order valence-corrected chi connectivity index (χ2v) is 5.95. The number of pyridine rings is 1. The number of nitrogens with one attached hydrogen (secondary N) is 1. The maximum atomic E-state index is 10.1. The number of piperidine rings is 1. The summed E-state index contributed by atoms with van der Waals surface area (Å²) in [7, 11) is 0. The normalized spacial score (nSPS) is 17.9. The highest BCUT2D eigenvalue weighted by Crippen LogP contribution is 2.29. The number of benzene rings is 1. The summed E-state index contributed by atoms with van der Waals surface area (Å²) in [4.78, 5) is 6.80. The number of nitrogens with zero attached hydrogens (tertiary/aromatic N) is 2. The number of anilines is 1. The molecule has 110 valence electrons. The molecule has 0 spiro atoms. The van der Waals surface area contributed by atoms with Crippen molar-refractivity contribution in [2.45, 2.75) is 25.4 Å². The quantitative estimate of drug-likeness (QED) is 0.580. The summed E-state index contributed by atoms with van der Waals surface area (Å²) in [5, 5.41) is 18.9. The van der Waals surface area contributed by atoms with Crippen LogP contribution in [0.25, 0.3) is 10.9 Å². The molecule has 0 saturated carbocycles. The van der Waals surface area contributed by atoms with E-state index in [1.807, 2.05) is 37.3 Å². The number of aromatic nitrogens is 1. The maximum absolute atomic E-state index is 10.1. The Morgan fingerprint density at radius 1 is 1.33 bits per heavy atom. The number of fused-ring (bicyclic) bond motifs is 1. The molecule has 2 aromatic rings. The van der Waals surface area contributed by atoms with Crippen molar-refractivity contribution in [2.75, 3.05) is 18.0 Å². The van der Waals surface area contributed by atoms with Crippen molar-refractivity contribution in [1.82, 2.24) is 4.98 Å². The number of rotatable bonds is 2. The molecule has 2 heterocycles. The highest BCUT2D eigenvalue weighted by atomic mass is 16.3. The van der Waals surface area contributed by atoms with Crippen molar-refractivity contribution in [3.63, 3.8) is 0 Å². The summed E-state index contributed by atoms with van der Waals surface area (Å²) in [6.45, 7) is 3.31. The van der Waals surface area contributed by atoms with Crippen LogP contribution < -0.4 is 10.6 Å². The lowest BCUT2D eigenvalue weighted by Crippen LogP contribution is -2.43. The van der Waals surface area contributed by atoms with Crippen molar-refractivity contribution >= 4 is 22.6 Å². The van der Waals surface area contributed by atoms with E-state index >= 15 is 0 Å². The molecule has 0 unspecified atom stereocenters. The van der Waals surface area contributed by atoms with Gasteiger partial charge in [0.2, 0.25) is 0 Å². The van der Waals surface area contributed by atoms with E-state index in [1.54, 1.807) is 0 Å². The van der Waals surface area contributed by atoms with Gasteiger partial charge >= 0.3 is 0 Å². The van der Waals surface area contributed by atoms with E-state index in [-0.39, 0.29) is 5.84 Å². The van der Waals surface area contributed by atoms with E-state index in [0.717, 1.165) is 29.8 Å². The number of nitrogens with two attached hydrogens (primary N) is 1. The molecular formula is C16H20N4O. The van der Waals surface area contributed by atoms with Crippen LogP contribution in [0.5, 0.6) is 0 Å². The first-order valence-corrected chi connectivity index (χ1v) is 7.18. The van der Waals surface area contributed by atoms with Gasteiger partial charge in [-0.2, -0.15) is 0 Å². The van der Waals surface area contributed by atoms with E-state index in [0.29, 0.717) is 18.4 Å². The summed E-state index contributed by atoms with van der Waals surface area (Å²) in [6, 6.07) is 9.76. The largest absolute Gasteiger partial charge is 0.390 e. The molecule has 0 aliphatic carbocycles. The van der Waals surface area contributed by atoms with Crippen LogP contribution in [0.4, 0.5) is 5.82 Å². The van der Waals surface area contributed by atoms with Gasteiger partial charge in [-0.25, -0.2) is 4.98 Å². The highest BCUT2D eigenvalue weighted by Gasteiger charge is 2.29. The Balaban J connectivity index is 2.04. The predicted molar refractivity (Wildman–Crippen MR) is 84.8 cm³/mol. The van der Waals surface area contributed by atoms with E-state index in [1.165, 1.54) is 0 Å². The zero-order chi connectivity index (χ0) is 15.0. The molecule has 1 aliphatic rings. The number of nitrogen functional groups attached to an aromatic ring is 1. The number of para-hydroxylation sites is 1. The van der Waals surface area contributed by atoms with Crippen molar-refractivity contribution in [3.05, 3.63) is 35.9 Å². The molecule has 1 aromatic heterocycles. The molecule has 1 aromatic carbocycles. The molecule has 5 heteroatoms. The minimum Gasteiger partial charge on any atom is -0.390 e. The molecule has 0 radical (unpaired) electrons. The van der Waals surface area contributed by atoms with Gasteiger partial charge in [-0.3, -0.25) is 5.41 Å². The number of amidine groups is 1. The van der Waals surface area contributed by atoms with Crippen LogP contribution >= 0.6 is 0 Å². The number of hydrogen-bond acceptors (Lipinski definition) is 4. The van der Waals surface area contributed by atoms with Crippen LogP contribution in [0.3, 0.4) is 0 Å². The Hall–Kier alpha value is -2.14. The summed E-state index contributed by atoms with van der Waals surface area (Å²) in [5.41, 5.74) is 6.69. The zero-order valence-electron chi connectivity index (χ0n) is 12.1. The predicted octanol–water partition coefficient (Wildman–Crippen LogP) is 1.87. The zero-order valence-corrected chi connectivity index (χ0v) is 12.1. The monoisotopic (exact) mass is 284 g/mol. The van der Waals surface area contributed by atoms with Crippen LogP contribution in [0.2, 0.25) is 0 Å². The molecule has 1 saturated heterocycles. The summed E-state index contributed by atoms with van der Waals surface area (Å²) >= 11 is 0. The van der Waals surface area contributed by atoms with Gasteiger partial charge in [0.05, 0.1) is 16.7 Å². The fourth-order valence-electron chi connectivity index (χ4n) is 2.75. The molecular weight excluding hydrogens is 264 g/mol. The second kappa shape index (κ2) is 5.00. The van der Waals surface area contributed by atoms with Gasteiger partial charge in [-0.1, -0.05) is 18.2 Å². The summed E-state index contributed by atoms with van der Waals surface area (Å²) in [6.07, 6.45) is 1.39. The standard InChI is InChI=1S/C16H20N4O/c1-16(21)6-8-20(9-7-16)15-12(14(17)18)10-11-4-2-3-5-13(11)19-15/h2-5,10,21H,6-9H2,1H3,(H3,17,18).